The number of ether oxygens (including phenoxy) is 4. The molecule has 5 aromatic rings. The molecule has 5 rings (SSSR count). The summed E-state index contributed by atoms with van der Waals surface area (Å²) >= 11 is 0. The third-order valence-electron chi connectivity index (χ3n) is 6.86. The molecule has 0 bridgehead atoms. The van der Waals surface area contributed by atoms with Crippen LogP contribution >= 0.6 is 0 Å². The molecule has 1 heterocycles. The van der Waals surface area contributed by atoms with Crippen LogP contribution in [0.25, 0.3) is 22.2 Å². The zero-order chi connectivity index (χ0) is 31.1. The average Bonchev–Trinajstić information content (AvgIpc) is 3.06. The number of carbonyl (C=O) groups excluding carboxylic acids is 2. The largest absolute Gasteiger partial charge is 0.497 e. The Morgan fingerprint density at radius 1 is 0.818 bits per heavy atom. The molecule has 2 amide bonds. The summed E-state index contributed by atoms with van der Waals surface area (Å²) in [5.74, 6) is 1.18. The molecule has 0 spiro atoms. The van der Waals surface area contributed by atoms with Gasteiger partial charge in [0.05, 0.1) is 49.9 Å². The first kappa shape index (κ1) is 29.6. The van der Waals surface area contributed by atoms with Crippen molar-refractivity contribution in [1.29, 1.82) is 0 Å². The van der Waals surface area contributed by atoms with Gasteiger partial charge in [0, 0.05) is 16.5 Å². The molecule has 0 radical (unpaired) electrons. The van der Waals surface area contributed by atoms with E-state index in [9.17, 15) is 9.59 Å². The van der Waals surface area contributed by atoms with E-state index in [0.29, 0.717) is 61.8 Å². The van der Waals surface area contributed by atoms with Crippen molar-refractivity contribution in [3.63, 3.8) is 0 Å². The number of carbonyl (C=O) groups is 2. The minimum atomic E-state index is -0.582. The van der Waals surface area contributed by atoms with Crippen LogP contribution in [-0.2, 0) is 6.61 Å². The number of fused-ring (bicyclic) bond motifs is 1. The number of methoxy groups -OCH3 is 3. The van der Waals surface area contributed by atoms with E-state index in [1.165, 1.54) is 6.21 Å². The number of primary amides is 1. The van der Waals surface area contributed by atoms with E-state index < -0.39 is 11.8 Å². The molecule has 10 heteroatoms. The maximum absolute atomic E-state index is 13.4. The molecule has 1 aromatic heterocycles. The van der Waals surface area contributed by atoms with E-state index in [-0.39, 0.29) is 12.2 Å². The zero-order valence-corrected chi connectivity index (χ0v) is 24.4. The third kappa shape index (κ3) is 6.44. The highest BCUT2D eigenvalue weighted by atomic mass is 16.5. The molecule has 10 nitrogen and oxygen atoms in total. The van der Waals surface area contributed by atoms with Crippen LogP contribution in [0.3, 0.4) is 0 Å². The van der Waals surface area contributed by atoms with Crippen LogP contribution in [0.4, 0.5) is 0 Å². The number of amides is 2. The summed E-state index contributed by atoms with van der Waals surface area (Å²) in [6.07, 6.45) is 1.52. The average molecular weight is 591 g/mol. The third-order valence-corrected chi connectivity index (χ3v) is 6.86. The summed E-state index contributed by atoms with van der Waals surface area (Å²) < 4.78 is 22.3. The first-order valence-corrected chi connectivity index (χ1v) is 13.6. The molecule has 0 aliphatic heterocycles. The number of nitrogens with two attached hydrogens (primary N) is 1. The maximum Gasteiger partial charge on any atom is 0.272 e. The number of para-hydroxylation sites is 2. The fourth-order valence-corrected chi connectivity index (χ4v) is 4.68. The lowest BCUT2D eigenvalue weighted by molar-refractivity contribution is 0.0955. The lowest BCUT2D eigenvalue weighted by Crippen LogP contribution is -2.18. The second kappa shape index (κ2) is 13.4. The van der Waals surface area contributed by atoms with Crippen molar-refractivity contribution in [1.82, 2.24) is 10.4 Å². The number of hydrogen-bond donors (Lipinski definition) is 2. The predicted molar refractivity (Wildman–Crippen MR) is 168 cm³/mol. The van der Waals surface area contributed by atoms with Gasteiger partial charge in [-0.1, -0.05) is 30.3 Å². The van der Waals surface area contributed by atoms with Crippen molar-refractivity contribution in [3.8, 4) is 34.3 Å². The second-order valence-electron chi connectivity index (χ2n) is 9.56. The number of hydrogen-bond acceptors (Lipinski definition) is 8. The molecule has 0 aliphatic carbocycles. The normalized spacial score (nSPS) is 10.9. The number of nitrogens with one attached hydrogen (secondary N) is 1. The van der Waals surface area contributed by atoms with Crippen molar-refractivity contribution >= 4 is 28.9 Å². The predicted octanol–water partition coefficient (Wildman–Crippen LogP) is 5.37. The fourth-order valence-electron chi connectivity index (χ4n) is 4.68. The molecule has 0 atom stereocenters. The Kier molecular flexibility index (Phi) is 9.00. The van der Waals surface area contributed by atoms with Crippen LogP contribution in [-0.4, -0.2) is 44.3 Å². The summed E-state index contributed by atoms with van der Waals surface area (Å²) in [5.41, 5.74) is 12.0. The molecule has 0 fully saturated rings. The van der Waals surface area contributed by atoms with Gasteiger partial charge in [-0.2, -0.15) is 5.10 Å². The summed E-state index contributed by atoms with van der Waals surface area (Å²) in [6, 6.07) is 26.6. The molecular weight excluding hydrogens is 560 g/mol. The van der Waals surface area contributed by atoms with Gasteiger partial charge in [0.15, 0.2) is 0 Å². The first-order valence-electron chi connectivity index (χ1n) is 13.6. The van der Waals surface area contributed by atoms with Crippen LogP contribution in [0.1, 0.15) is 31.8 Å². The van der Waals surface area contributed by atoms with Gasteiger partial charge < -0.3 is 24.7 Å². The second-order valence-corrected chi connectivity index (χ2v) is 9.56. The van der Waals surface area contributed by atoms with Crippen LogP contribution in [0.5, 0.6) is 23.0 Å². The maximum atomic E-state index is 13.4. The minimum absolute atomic E-state index is 0.112. The topological polar surface area (TPSA) is 134 Å². The van der Waals surface area contributed by atoms with E-state index in [0.717, 1.165) is 0 Å². The number of pyridine rings is 1. The molecule has 4 aromatic carbocycles. The summed E-state index contributed by atoms with van der Waals surface area (Å²) in [7, 11) is 4.71. The number of aromatic nitrogens is 1. The van der Waals surface area contributed by atoms with E-state index in [1.807, 2.05) is 36.4 Å². The summed E-state index contributed by atoms with van der Waals surface area (Å²) in [6.45, 7) is 0.112. The van der Waals surface area contributed by atoms with Crippen molar-refractivity contribution < 1.29 is 28.5 Å². The van der Waals surface area contributed by atoms with Gasteiger partial charge in [0.25, 0.3) is 11.8 Å². The highest BCUT2D eigenvalue weighted by Gasteiger charge is 2.17. The van der Waals surface area contributed by atoms with Crippen molar-refractivity contribution in [2.45, 2.75) is 6.61 Å². The van der Waals surface area contributed by atoms with Gasteiger partial charge in [0.2, 0.25) is 0 Å². The monoisotopic (exact) mass is 590 g/mol. The van der Waals surface area contributed by atoms with Crippen LogP contribution in [0.2, 0.25) is 0 Å². The molecule has 0 unspecified atom stereocenters. The van der Waals surface area contributed by atoms with Gasteiger partial charge in [-0.25, -0.2) is 10.4 Å². The van der Waals surface area contributed by atoms with E-state index in [2.05, 4.69) is 10.5 Å². The van der Waals surface area contributed by atoms with E-state index in [4.69, 9.17) is 29.7 Å². The van der Waals surface area contributed by atoms with Crippen LogP contribution in [0, 0.1) is 0 Å². The van der Waals surface area contributed by atoms with Crippen molar-refractivity contribution in [2.24, 2.45) is 10.8 Å². The lowest BCUT2D eigenvalue weighted by Gasteiger charge is -2.13. The molecule has 222 valence electrons. The highest BCUT2D eigenvalue weighted by Crippen LogP contribution is 2.34. The number of benzene rings is 4. The Balaban J connectivity index is 1.39. The minimum Gasteiger partial charge on any atom is -0.497 e. The Labute approximate surface area is 254 Å². The van der Waals surface area contributed by atoms with E-state index >= 15 is 0 Å². The SMILES string of the molecule is COc1ccc(OC)c(-c2cc(C(=O)N/N=C\c3ccc(OC)c(COc4ccccc4C(N)=O)c3)c3ccccc3n2)c1. The molecule has 0 saturated carbocycles. The number of nitrogens with zero attached hydrogens (tertiary/aromatic N) is 2. The zero-order valence-electron chi connectivity index (χ0n) is 24.4. The lowest BCUT2D eigenvalue weighted by atomic mass is 10.0. The molecule has 3 N–H and O–H groups in total. The molecule has 0 aliphatic rings. The molecule has 44 heavy (non-hydrogen) atoms. The van der Waals surface area contributed by atoms with Crippen LogP contribution < -0.4 is 30.1 Å². The summed E-state index contributed by atoms with van der Waals surface area (Å²) in [4.78, 5) is 30.0. The first-order chi connectivity index (χ1) is 21.4. The Bertz CT molecular complexity index is 1870. The number of hydrazone groups is 1. The number of rotatable bonds is 11. The van der Waals surface area contributed by atoms with Gasteiger partial charge in [-0.05, 0) is 66.2 Å². The van der Waals surface area contributed by atoms with Gasteiger partial charge >= 0.3 is 0 Å². The van der Waals surface area contributed by atoms with Gasteiger partial charge in [-0.3, -0.25) is 9.59 Å². The smallest absolute Gasteiger partial charge is 0.272 e. The molecule has 0 saturated heterocycles. The van der Waals surface area contributed by atoms with E-state index in [1.54, 1.807) is 75.9 Å². The molecular formula is C34H30N4O6. The van der Waals surface area contributed by atoms with Crippen molar-refractivity contribution in [2.75, 3.05) is 21.3 Å². The van der Waals surface area contributed by atoms with Crippen molar-refractivity contribution in [3.05, 3.63) is 113 Å². The Morgan fingerprint density at radius 2 is 1.57 bits per heavy atom. The standard InChI is InChI=1S/C34H30N4O6/c1-41-23-13-15-31(43-3)27(17-23)29-18-26(24-8-4-6-10-28(24)37-29)34(40)38-36-19-21-12-14-30(42-2)22(16-21)20-44-32-11-7-5-9-25(32)33(35)39/h4-19H,20H2,1-3H3,(H2,35,39)(H,38,40)/b36-19-. The van der Waals surface area contributed by atoms with Gasteiger partial charge in [0.1, 0.15) is 29.6 Å². The summed E-state index contributed by atoms with van der Waals surface area (Å²) in [5, 5.41) is 4.88. The van der Waals surface area contributed by atoms with Gasteiger partial charge in [-0.15, -0.1) is 0 Å². The van der Waals surface area contributed by atoms with Crippen LogP contribution in [0.15, 0.2) is 96.1 Å². The fraction of sp³-hybridized carbons (Fsp3) is 0.118. The quantitative estimate of drug-likeness (QED) is 0.156. The Hall–Kier alpha value is -5.90. The highest BCUT2D eigenvalue weighted by molar-refractivity contribution is 6.07. The Morgan fingerprint density at radius 3 is 2.34 bits per heavy atom.